The third-order valence-electron chi connectivity index (χ3n) is 3.75. The van der Waals surface area contributed by atoms with E-state index < -0.39 is 0 Å². The second-order valence-corrected chi connectivity index (χ2v) is 6.97. The molecule has 1 atom stereocenters. The van der Waals surface area contributed by atoms with Gasteiger partial charge in [-0.25, -0.2) is 0 Å². The Morgan fingerprint density at radius 3 is 2.31 bits per heavy atom. The van der Waals surface area contributed by atoms with Gasteiger partial charge in [0, 0.05) is 17.6 Å². The van der Waals surface area contributed by atoms with Crippen molar-refractivity contribution in [3.63, 3.8) is 0 Å². The van der Waals surface area contributed by atoms with E-state index in [1.54, 1.807) is 0 Å². The molecule has 0 aromatic heterocycles. The second kappa shape index (κ2) is 5.05. The fraction of sp³-hybridized carbons (Fsp3) is 1.00. The summed E-state index contributed by atoms with van der Waals surface area (Å²) in [6, 6.07) is 0. The molecule has 2 heteroatoms. The van der Waals surface area contributed by atoms with Crippen molar-refractivity contribution in [3.8, 4) is 0 Å². The maximum absolute atomic E-state index is 6.54. The zero-order chi connectivity index (χ0) is 12.4. The summed E-state index contributed by atoms with van der Waals surface area (Å²) in [7, 11) is 0. The van der Waals surface area contributed by atoms with Crippen molar-refractivity contribution in [2.75, 3.05) is 13.1 Å². The lowest BCUT2D eigenvalue weighted by Crippen LogP contribution is -2.45. The van der Waals surface area contributed by atoms with Crippen molar-refractivity contribution >= 4 is 0 Å². The monoisotopic (exact) mass is 226 g/mol. The minimum atomic E-state index is 0.0914. The van der Waals surface area contributed by atoms with E-state index in [-0.39, 0.29) is 5.54 Å². The Morgan fingerprint density at radius 1 is 1.19 bits per heavy atom. The average Bonchev–Trinajstić information content (AvgIpc) is 2.24. The molecule has 0 aromatic rings. The van der Waals surface area contributed by atoms with Crippen LogP contribution >= 0.6 is 0 Å². The lowest BCUT2D eigenvalue weighted by Gasteiger charge is -2.35. The van der Waals surface area contributed by atoms with Crippen LogP contribution in [0.1, 0.15) is 60.3 Å². The van der Waals surface area contributed by atoms with Gasteiger partial charge < -0.3 is 5.73 Å². The van der Waals surface area contributed by atoms with Crippen LogP contribution in [-0.2, 0) is 0 Å². The molecule has 2 nitrogen and oxygen atoms in total. The first kappa shape index (κ1) is 14.0. The van der Waals surface area contributed by atoms with E-state index in [0.717, 1.165) is 13.0 Å². The number of rotatable bonds is 2. The van der Waals surface area contributed by atoms with Crippen molar-refractivity contribution in [2.24, 2.45) is 11.7 Å². The summed E-state index contributed by atoms with van der Waals surface area (Å²) in [6.07, 6.45) is 4.77. The van der Waals surface area contributed by atoms with Gasteiger partial charge in [-0.05, 0) is 58.9 Å². The normalized spacial score (nSPS) is 29.4. The predicted octanol–water partition coefficient (Wildman–Crippen LogP) is 3.01. The van der Waals surface area contributed by atoms with Crippen LogP contribution in [0.15, 0.2) is 0 Å². The lowest BCUT2D eigenvalue weighted by molar-refractivity contribution is 0.138. The largest absolute Gasteiger partial charge is 0.325 e. The fourth-order valence-electron chi connectivity index (χ4n) is 2.90. The molecule has 1 rings (SSSR count). The molecular formula is C14H30N2. The molecule has 0 bridgehead atoms. The zero-order valence-corrected chi connectivity index (χ0v) is 11.8. The number of nitrogens with zero attached hydrogens (tertiary/aromatic N) is 1. The molecule has 1 aliphatic rings. The second-order valence-electron chi connectivity index (χ2n) is 6.97. The number of nitrogens with two attached hydrogens (primary N) is 1. The van der Waals surface area contributed by atoms with Gasteiger partial charge in [0.2, 0.25) is 0 Å². The van der Waals surface area contributed by atoms with Gasteiger partial charge in [0.1, 0.15) is 0 Å². The number of likely N-dealkylation sites (tertiary alicyclic amines) is 1. The average molecular weight is 226 g/mol. The molecular weight excluding hydrogens is 196 g/mol. The third kappa shape index (κ3) is 4.06. The van der Waals surface area contributed by atoms with Crippen LogP contribution in [0.2, 0.25) is 0 Å². The minimum absolute atomic E-state index is 0.0914. The Bertz CT molecular complexity index is 217. The summed E-state index contributed by atoms with van der Waals surface area (Å²) in [4.78, 5) is 2.59. The molecule has 1 unspecified atom stereocenters. The molecule has 0 saturated carbocycles. The minimum Gasteiger partial charge on any atom is -0.325 e. The summed E-state index contributed by atoms with van der Waals surface area (Å²) in [5.74, 6) is 0.714. The highest BCUT2D eigenvalue weighted by molar-refractivity contribution is 4.91. The van der Waals surface area contributed by atoms with E-state index in [1.165, 1.54) is 25.8 Å². The van der Waals surface area contributed by atoms with Crippen LogP contribution in [0, 0.1) is 5.92 Å². The quantitative estimate of drug-likeness (QED) is 0.784. The van der Waals surface area contributed by atoms with E-state index in [2.05, 4.69) is 39.5 Å². The van der Waals surface area contributed by atoms with Crippen molar-refractivity contribution in [1.82, 2.24) is 4.90 Å². The Kier molecular flexibility index (Phi) is 4.42. The highest BCUT2D eigenvalue weighted by Crippen LogP contribution is 2.29. The first-order valence-electron chi connectivity index (χ1n) is 6.77. The topological polar surface area (TPSA) is 29.3 Å². The molecule has 1 saturated heterocycles. The molecule has 96 valence electrons. The molecule has 1 heterocycles. The van der Waals surface area contributed by atoms with Crippen LogP contribution in [0.5, 0.6) is 0 Å². The van der Waals surface area contributed by atoms with Gasteiger partial charge in [-0.2, -0.15) is 0 Å². The molecule has 2 N–H and O–H groups in total. The lowest BCUT2D eigenvalue weighted by atomic mass is 9.84. The smallest absolute Gasteiger partial charge is 0.0169 e. The van der Waals surface area contributed by atoms with Crippen LogP contribution in [0.4, 0.5) is 0 Å². The molecule has 0 spiro atoms. The van der Waals surface area contributed by atoms with Crippen molar-refractivity contribution in [1.29, 1.82) is 0 Å². The Labute approximate surface area is 102 Å². The zero-order valence-electron chi connectivity index (χ0n) is 11.8. The molecule has 1 aliphatic heterocycles. The third-order valence-corrected chi connectivity index (χ3v) is 3.75. The van der Waals surface area contributed by atoms with E-state index in [4.69, 9.17) is 5.73 Å². The summed E-state index contributed by atoms with van der Waals surface area (Å²) in [5, 5.41) is 0. The van der Waals surface area contributed by atoms with Gasteiger partial charge in [-0.15, -0.1) is 0 Å². The van der Waals surface area contributed by atoms with Gasteiger partial charge in [0.05, 0.1) is 0 Å². The first-order valence-corrected chi connectivity index (χ1v) is 6.77. The van der Waals surface area contributed by atoms with Crippen molar-refractivity contribution < 1.29 is 0 Å². The van der Waals surface area contributed by atoms with E-state index in [1.807, 2.05) is 0 Å². The Hall–Kier alpha value is -0.0800. The van der Waals surface area contributed by atoms with Crippen LogP contribution in [-0.4, -0.2) is 29.1 Å². The van der Waals surface area contributed by atoms with Crippen LogP contribution < -0.4 is 5.73 Å². The maximum Gasteiger partial charge on any atom is 0.0169 e. The summed E-state index contributed by atoms with van der Waals surface area (Å²) >= 11 is 0. The molecule has 0 aliphatic carbocycles. The molecule has 1 fully saturated rings. The predicted molar refractivity (Wildman–Crippen MR) is 71.6 cm³/mol. The van der Waals surface area contributed by atoms with Crippen LogP contribution in [0.25, 0.3) is 0 Å². The Morgan fingerprint density at radius 2 is 1.81 bits per heavy atom. The van der Waals surface area contributed by atoms with Gasteiger partial charge >= 0.3 is 0 Å². The highest BCUT2D eigenvalue weighted by atomic mass is 15.2. The van der Waals surface area contributed by atoms with Gasteiger partial charge in [0.25, 0.3) is 0 Å². The van der Waals surface area contributed by atoms with Crippen LogP contribution in [0.3, 0.4) is 0 Å². The Balaban J connectivity index is 2.58. The SMILES string of the molecule is CC(C)CC1(N)CCCN(C(C)(C)C)CC1. The maximum atomic E-state index is 6.54. The highest BCUT2D eigenvalue weighted by Gasteiger charge is 2.32. The van der Waals surface area contributed by atoms with Crippen molar-refractivity contribution in [2.45, 2.75) is 71.4 Å². The van der Waals surface area contributed by atoms with Gasteiger partial charge in [0.15, 0.2) is 0 Å². The van der Waals surface area contributed by atoms with E-state index in [0.29, 0.717) is 11.5 Å². The first-order chi connectivity index (χ1) is 7.23. The standard InChI is InChI=1S/C14H30N2/c1-12(2)11-14(15)7-6-9-16(10-8-14)13(3,4)5/h12H,6-11,15H2,1-5H3. The van der Waals surface area contributed by atoms with Crippen molar-refractivity contribution in [3.05, 3.63) is 0 Å². The summed E-state index contributed by atoms with van der Waals surface area (Å²) in [5.41, 5.74) is 6.92. The van der Waals surface area contributed by atoms with E-state index >= 15 is 0 Å². The van der Waals surface area contributed by atoms with Gasteiger partial charge in [-0.3, -0.25) is 4.90 Å². The fourth-order valence-corrected chi connectivity index (χ4v) is 2.90. The van der Waals surface area contributed by atoms with E-state index in [9.17, 15) is 0 Å². The molecule has 0 amide bonds. The summed E-state index contributed by atoms with van der Waals surface area (Å²) in [6.45, 7) is 13.8. The molecule has 0 radical (unpaired) electrons. The number of hydrogen-bond donors (Lipinski definition) is 1. The van der Waals surface area contributed by atoms with Gasteiger partial charge in [-0.1, -0.05) is 13.8 Å². The summed E-state index contributed by atoms with van der Waals surface area (Å²) < 4.78 is 0. The number of hydrogen-bond acceptors (Lipinski definition) is 2. The molecule has 0 aromatic carbocycles. The molecule has 16 heavy (non-hydrogen) atoms.